The molecule has 1 aromatic rings. The van der Waals surface area contributed by atoms with E-state index in [-0.39, 0.29) is 16.5 Å². The van der Waals surface area contributed by atoms with Gasteiger partial charge in [-0.2, -0.15) is 0 Å². The number of ether oxygens (including phenoxy) is 2. The number of aliphatic hydroxyl groups is 1. The number of nitro benzene ring substituents is 1. The second-order valence-electron chi connectivity index (χ2n) is 3.93. The maximum atomic E-state index is 11.2. The summed E-state index contributed by atoms with van der Waals surface area (Å²) in [5, 5.41) is 20.3. The lowest BCUT2D eigenvalue weighted by Gasteiger charge is -2.20. The summed E-state index contributed by atoms with van der Waals surface area (Å²) in [4.78, 5) is 21.1. The number of carbonyl (C=O) groups is 1. The summed E-state index contributed by atoms with van der Waals surface area (Å²) in [5.74, 6) is -0.734. The zero-order valence-corrected chi connectivity index (χ0v) is 11.0. The van der Waals surface area contributed by atoms with Crippen molar-refractivity contribution < 1.29 is 24.3 Å². The van der Waals surface area contributed by atoms with Crippen LogP contribution in [-0.4, -0.2) is 35.3 Å². The summed E-state index contributed by atoms with van der Waals surface area (Å²) in [7, 11) is 1.13. The van der Waals surface area contributed by atoms with E-state index in [4.69, 9.17) is 16.3 Å². The van der Waals surface area contributed by atoms with Crippen molar-refractivity contribution in [1.82, 2.24) is 0 Å². The average Bonchev–Trinajstić information content (AvgIpc) is 2.36. The minimum atomic E-state index is -1.83. The molecule has 19 heavy (non-hydrogen) atoms. The summed E-state index contributed by atoms with van der Waals surface area (Å²) < 4.78 is 9.55. The van der Waals surface area contributed by atoms with Crippen LogP contribution in [0.5, 0.6) is 5.75 Å². The lowest BCUT2D eigenvalue weighted by molar-refractivity contribution is -0.384. The molecule has 0 radical (unpaired) electrons. The predicted octanol–water partition coefficient (Wildman–Crippen LogP) is 1.55. The zero-order valence-electron chi connectivity index (χ0n) is 10.3. The molecule has 8 heteroatoms. The highest BCUT2D eigenvalue weighted by Crippen LogP contribution is 2.29. The number of hydrogen-bond donors (Lipinski definition) is 1. The fourth-order valence-corrected chi connectivity index (χ4v) is 1.45. The van der Waals surface area contributed by atoms with E-state index in [9.17, 15) is 20.0 Å². The fourth-order valence-electron chi connectivity index (χ4n) is 1.22. The van der Waals surface area contributed by atoms with Crippen molar-refractivity contribution in [1.29, 1.82) is 0 Å². The Morgan fingerprint density at radius 1 is 1.58 bits per heavy atom. The highest BCUT2D eigenvalue weighted by atomic mass is 35.5. The van der Waals surface area contributed by atoms with Gasteiger partial charge in [-0.1, -0.05) is 11.6 Å². The first-order valence-corrected chi connectivity index (χ1v) is 5.53. The summed E-state index contributed by atoms with van der Waals surface area (Å²) in [6, 6.07) is 3.60. The molecule has 0 fully saturated rings. The van der Waals surface area contributed by atoms with E-state index < -0.39 is 23.1 Å². The monoisotopic (exact) mass is 289 g/mol. The second kappa shape index (κ2) is 5.85. The molecule has 1 atom stereocenters. The van der Waals surface area contributed by atoms with Gasteiger partial charge in [0.05, 0.1) is 17.1 Å². The molecule has 1 rings (SSSR count). The van der Waals surface area contributed by atoms with Gasteiger partial charge in [0.15, 0.2) is 5.60 Å². The molecule has 0 heterocycles. The van der Waals surface area contributed by atoms with Gasteiger partial charge in [0, 0.05) is 12.1 Å². The molecule has 7 nitrogen and oxygen atoms in total. The van der Waals surface area contributed by atoms with Crippen molar-refractivity contribution in [3.63, 3.8) is 0 Å². The number of esters is 1. The molecule has 0 saturated carbocycles. The number of nitrogens with zero attached hydrogens (tertiary/aromatic N) is 1. The predicted molar refractivity (Wildman–Crippen MR) is 66.2 cm³/mol. The highest BCUT2D eigenvalue weighted by molar-refractivity contribution is 6.32. The summed E-state index contributed by atoms with van der Waals surface area (Å²) in [6.07, 6.45) is 0. The van der Waals surface area contributed by atoms with E-state index in [0.717, 1.165) is 13.2 Å². The molecule has 1 N–H and O–H groups in total. The molecule has 0 aliphatic carbocycles. The van der Waals surface area contributed by atoms with E-state index in [2.05, 4.69) is 4.74 Å². The lowest BCUT2D eigenvalue weighted by atomic mass is 10.1. The average molecular weight is 290 g/mol. The van der Waals surface area contributed by atoms with Gasteiger partial charge in [0.25, 0.3) is 5.69 Å². The van der Waals surface area contributed by atoms with Crippen LogP contribution < -0.4 is 4.74 Å². The standard InChI is InChI=1S/C11H12ClNO6/c1-11(15,10(14)18-2)6-19-9-4-3-7(13(16)17)5-8(9)12/h3-5,15H,6H2,1-2H3. The Morgan fingerprint density at radius 3 is 2.68 bits per heavy atom. The Morgan fingerprint density at radius 2 is 2.21 bits per heavy atom. The largest absolute Gasteiger partial charge is 0.488 e. The van der Waals surface area contributed by atoms with Crippen LogP contribution in [-0.2, 0) is 9.53 Å². The molecular weight excluding hydrogens is 278 g/mol. The maximum Gasteiger partial charge on any atom is 0.341 e. The van der Waals surface area contributed by atoms with Gasteiger partial charge in [0.2, 0.25) is 0 Å². The first kappa shape index (κ1) is 15.2. The van der Waals surface area contributed by atoms with Crippen LogP contribution in [0, 0.1) is 10.1 Å². The Kier molecular flexibility index (Phi) is 4.68. The maximum absolute atomic E-state index is 11.2. The Balaban J connectivity index is 2.79. The summed E-state index contributed by atoms with van der Waals surface area (Å²) in [5.41, 5.74) is -2.02. The number of rotatable bonds is 5. The number of nitro groups is 1. The van der Waals surface area contributed by atoms with Crippen LogP contribution in [0.3, 0.4) is 0 Å². The van der Waals surface area contributed by atoms with E-state index in [1.165, 1.54) is 19.1 Å². The molecule has 0 saturated heterocycles. The first-order chi connectivity index (χ1) is 8.77. The number of hydrogen-bond acceptors (Lipinski definition) is 6. The van der Waals surface area contributed by atoms with Gasteiger partial charge in [-0.3, -0.25) is 10.1 Å². The van der Waals surface area contributed by atoms with Crippen molar-refractivity contribution in [3.8, 4) is 5.75 Å². The van der Waals surface area contributed by atoms with Crippen molar-refractivity contribution >= 4 is 23.3 Å². The van der Waals surface area contributed by atoms with Crippen LogP contribution >= 0.6 is 11.6 Å². The molecule has 0 aromatic heterocycles. The number of methoxy groups -OCH3 is 1. The third-order valence-corrected chi connectivity index (χ3v) is 2.56. The highest BCUT2D eigenvalue weighted by Gasteiger charge is 2.32. The van der Waals surface area contributed by atoms with Gasteiger partial charge in [-0.05, 0) is 13.0 Å². The van der Waals surface area contributed by atoms with Crippen molar-refractivity contribution in [2.45, 2.75) is 12.5 Å². The Labute approximate surface area is 113 Å². The molecule has 0 amide bonds. The summed E-state index contributed by atoms with van der Waals surface area (Å²) >= 11 is 5.79. The van der Waals surface area contributed by atoms with E-state index in [1.54, 1.807) is 0 Å². The lowest BCUT2D eigenvalue weighted by Crippen LogP contribution is -2.42. The van der Waals surface area contributed by atoms with Gasteiger partial charge in [-0.15, -0.1) is 0 Å². The van der Waals surface area contributed by atoms with Crippen molar-refractivity contribution in [2.75, 3.05) is 13.7 Å². The third-order valence-electron chi connectivity index (χ3n) is 2.26. The molecule has 0 aliphatic rings. The minimum Gasteiger partial charge on any atom is -0.488 e. The molecule has 1 aromatic carbocycles. The number of halogens is 1. The van der Waals surface area contributed by atoms with Crippen LogP contribution in [0.15, 0.2) is 18.2 Å². The molecule has 0 aliphatic heterocycles. The fraction of sp³-hybridized carbons (Fsp3) is 0.364. The SMILES string of the molecule is COC(=O)C(C)(O)COc1ccc([N+](=O)[O-])cc1Cl. The quantitative estimate of drug-likeness (QED) is 0.501. The first-order valence-electron chi connectivity index (χ1n) is 5.15. The third kappa shape index (κ3) is 3.80. The normalized spacial score (nSPS) is 13.5. The van der Waals surface area contributed by atoms with E-state index >= 15 is 0 Å². The molecular formula is C11H12ClNO6. The zero-order chi connectivity index (χ0) is 14.6. The molecule has 0 bridgehead atoms. The topological polar surface area (TPSA) is 98.9 Å². The van der Waals surface area contributed by atoms with Crippen molar-refractivity contribution in [2.24, 2.45) is 0 Å². The number of non-ortho nitro benzene ring substituents is 1. The van der Waals surface area contributed by atoms with Gasteiger partial charge < -0.3 is 14.6 Å². The van der Waals surface area contributed by atoms with Crippen LogP contribution in [0.2, 0.25) is 5.02 Å². The van der Waals surface area contributed by atoms with Gasteiger partial charge >= 0.3 is 5.97 Å². The van der Waals surface area contributed by atoms with Crippen LogP contribution in [0.25, 0.3) is 0 Å². The smallest absolute Gasteiger partial charge is 0.341 e. The second-order valence-corrected chi connectivity index (χ2v) is 4.33. The van der Waals surface area contributed by atoms with Crippen LogP contribution in [0.4, 0.5) is 5.69 Å². The van der Waals surface area contributed by atoms with Crippen LogP contribution in [0.1, 0.15) is 6.92 Å². The van der Waals surface area contributed by atoms with E-state index in [1.807, 2.05) is 0 Å². The number of carbonyl (C=O) groups excluding carboxylic acids is 1. The number of benzene rings is 1. The molecule has 104 valence electrons. The minimum absolute atomic E-state index is 0.00914. The van der Waals surface area contributed by atoms with Crippen molar-refractivity contribution in [3.05, 3.63) is 33.3 Å². The Bertz CT molecular complexity index is 502. The van der Waals surface area contributed by atoms with Gasteiger partial charge in [-0.25, -0.2) is 4.79 Å². The Hall–Kier alpha value is -1.86. The molecule has 0 spiro atoms. The molecule has 1 unspecified atom stereocenters. The van der Waals surface area contributed by atoms with E-state index in [0.29, 0.717) is 0 Å². The summed E-state index contributed by atoms with van der Waals surface area (Å²) in [6.45, 7) is 0.829. The van der Waals surface area contributed by atoms with Gasteiger partial charge in [0.1, 0.15) is 12.4 Å².